The molecule has 1 aliphatic heterocycles. The topological polar surface area (TPSA) is 52.6 Å². The van der Waals surface area contributed by atoms with Crippen molar-refractivity contribution in [3.8, 4) is 0 Å². The van der Waals surface area contributed by atoms with Crippen LogP contribution >= 0.6 is 11.8 Å². The second-order valence-corrected chi connectivity index (χ2v) is 5.19. The lowest BCUT2D eigenvalue weighted by Gasteiger charge is -2.28. The Kier molecular flexibility index (Phi) is 3.91. The fourth-order valence-electron chi connectivity index (χ4n) is 2.04. The normalized spacial score (nSPS) is 21.9. The summed E-state index contributed by atoms with van der Waals surface area (Å²) in [5, 5.41) is -0.530. The minimum atomic E-state index is -0.530. The largest absolute Gasteiger partial charge is 0.469 e. The number of thioether (sulfide) groups is 1. The first-order valence-corrected chi connectivity index (χ1v) is 6.45. The molecule has 0 bridgehead atoms. The Balaban J connectivity index is 2.33. The molecule has 0 saturated heterocycles. The summed E-state index contributed by atoms with van der Waals surface area (Å²) in [6, 6.07) is 7.75. The molecule has 0 spiro atoms. The number of methoxy groups -OCH3 is 2. The predicted octanol–water partition coefficient (Wildman–Crippen LogP) is 1.67. The van der Waals surface area contributed by atoms with Gasteiger partial charge in [0.05, 0.1) is 20.1 Å². The lowest BCUT2D eigenvalue weighted by molar-refractivity contribution is -0.151. The van der Waals surface area contributed by atoms with Crippen molar-refractivity contribution in [2.75, 3.05) is 14.2 Å². The summed E-state index contributed by atoms with van der Waals surface area (Å²) in [6.07, 6.45) is 0.510. The number of rotatable bonds is 2. The molecule has 0 unspecified atom stereocenters. The second kappa shape index (κ2) is 5.44. The molecule has 0 aromatic heterocycles. The van der Waals surface area contributed by atoms with E-state index >= 15 is 0 Å². The summed E-state index contributed by atoms with van der Waals surface area (Å²) in [7, 11) is 2.67. The molecule has 4 nitrogen and oxygen atoms in total. The average Bonchev–Trinajstić information content (AvgIpc) is 2.44. The van der Waals surface area contributed by atoms with Crippen molar-refractivity contribution in [3.05, 3.63) is 29.8 Å². The van der Waals surface area contributed by atoms with Gasteiger partial charge in [-0.2, -0.15) is 0 Å². The summed E-state index contributed by atoms with van der Waals surface area (Å²) in [5.74, 6) is -1.24. The molecule has 96 valence electrons. The highest BCUT2D eigenvalue weighted by Crippen LogP contribution is 2.39. The Labute approximate surface area is 110 Å². The maximum atomic E-state index is 11.8. The molecular weight excluding hydrogens is 252 g/mol. The van der Waals surface area contributed by atoms with Gasteiger partial charge in [0, 0.05) is 4.90 Å². The third-order valence-corrected chi connectivity index (χ3v) is 4.40. The molecule has 18 heavy (non-hydrogen) atoms. The molecule has 0 amide bonds. The molecule has 2 rings (SSSR count). The maximum Gasteiger partial charge on any atom is 0.320 e. The summed E-state index contributed by atoms with van der Waals surface area (Å²) in [6.45, 7) is 0. The predicted molar refractivity (Wildman–Crippen MR) is 67.3 cm³/mol. The molecule has 1 aromatic carbocycles. The summed E-state index contributed by atoms with van der Waals surface area (Å²) >= 11 is 1.37. The van der Waals surface area contributed by atoms with Gasteiger partial charge < -0.3 is 9.47 Å². The molecule has 0 radical (unpaired) electrons. The van der Waals surface area contributed by atoms with Crippen LogP contribution < -0.4 is 0 Å². The highest BCUT2D eigenvalue weighted by Gasteiger charge is 2.40. The van der Waals surface area contributed by atoms with E-state index in [0.29, 0.717) is 6.42 Å². The number of esters is 2. The van der Waals surface area contributed by atoms with Crippen LogP contribution in [-0.2, 0) is 25.5 Å². The summed E-state index contributed by atoms with van der Waals surface area (Å²) < 4.78 is 9.53. The molecule has 0 aliphatic carbocycles. The lowest BCUT2D eigenvalue weighted by atomic mass is 9.95. The first-order chi connectivity index (χ1) is 8.67. The molecule has 2 atom stereocenters. The zero-order valence-corrected chi connectivity index (χ0v) is 11.0. The molecule has 0 fully saturated rings. The zero-order chi connectivity index (χ0) is 13.1. The van der Waals surface area contributed by atoms with E-state index in [-0.39, 0.29) is 11.9 Å². The van der Waals surface area contributed by atoms with Crippen LogP contribution in [0.4, 0.5) is 0 Å². The number of carbonyl (C=O) groups excluding carboxylic acids is 2. The zero-order valence-electron chi connectivity index (χ0n) is 10.2. The van der Waals surface area contributed by atoms with Crippen molar-refractivity contribution >= 4 is 23.7 Å². The quantitative estimate of drug-likeness (QED) is 0.762. The van der Waals surface area contributed by atoms with Crippen LogP contribution in [0.5, 0.6) is 0 Å². The Hall–Kier alpha value is -1.49. The molecule has 1 aromatic rings. The number of ether oxygens (including phenoxy) is 2. The van der Waals surface area contributed by atoms with Gasteiger partial charge in [0.25, 0.3) is 0 Å². The van der Waals surface area contributed by atoms with Crippen molar-refractivity contribution in [2.24, 2.45) is 5.92 Å². The molecular formula is C13H14O4S. The van der Waals surface area contributed by atoms with Gasteiger partial charge in [-0.25, -0.2) is 0 Å². The van der Waals surface area contributed by atoms with E-state index in [4.69, 9.17) is 9.47 Å². The van der Waals surface area contributed by atoms with Gasteiger partial charge in [-0.15, -0.1) is 11.8 Å². The molecule has 1 aliphatic rings. The monoisotopic (exact) mass is 266 g/mol. The Morgan fingerprint density at radius 3 is 2.50 bits per heavy atom. The van der Waals surface area contributed by atoms with Gasteiger partial charge in [-0.1, -0.05) is 18.2 Å². The maximum absolute atomic E-state index is 11.8. The van der Waals surface area contributed by atoms with E-state index in [9.17, 15) is 9.59 Å². The number of benzene rings is 1. The van der Waals surface area contributed by atoms with Crippen molar-refractivity contribution in [1.29, 1.82) is 0 Å². The Morgan fingerprint density at radius 2 is 1.83 bits per heavy atom. The van der Waals surface area contributed by atoms with E-state index in [1.54, 1.807) is 0 Å². The van der Waals surface area contributed by atoms with Gasteiger partial charge in [-0.05, 0) is 18.1 Å². The third-order valence-electron chi connectivity index (χ3n) is 2.97. The molecule has 0 saturated carbocycles. The van der Waals surface area contributed by atoms with Crippen LogP contribution in [0.3, 0.4) is 0 Å². The fourth-order valence-corrected chi connectivity index (χ4v) is 3.33. The SMILES string of the molecule is COC(=O)[C@@H]1Cc2ccccc2S[C@H]1C(=O)OC. The van der Waals surface area contributed by atoms with Crippen LogP contribution in [0.2, 0.25) is 0 Å². The van der Waals surface area contributed by atoms with Crippen molar-refractivity contribution < 1.29 is 19.1 Å². The van der Waals surface area contributed by atoms with Gasteiger partial charge in [0.2, 0.25) is 0 Å². The lowest BCUT2D eigenvalue weighted by Crippen LogP contribution is -2.38. The summed E-state index contributed by atoms with van der Waals surface area (Å²) in [4.78, 5) is 24.5. The second-order valence-electron chi connectivity index (χ2n) is 4.00. The average molecular weight is 266 g/mol. The molecule has 1 heterocycles. The van der Waals surface area contributed by atoms with Crippen LogP contribution in [-0.4, -0.2) is 31.4 Å². The van der Waals surface area contributed by atoms with Crippen LogP contribution in [0.15, 0.2) is 29.2 Å². The molecule has 5 heteroatoms. The standard InChI is InChI=1S/C13H14O4S/c1-16-12(14)9-7-8-5-3-4-6-10(8)18-11(9)13(15)17-2/h3-6,9,11H,7H2,1-2H3/t9-,11-/m1/s1. The smallest absolute Gasteiger partial charge is 0.320 e. The number of fused-ring (bicyclic) bond motifs is 1. The van der Waals surface area contributed by atoms with Crippen molar-refractivity contribution in [3.63, 3.8) is 0 Å². The van der Waals surface area contributed by atoms with Crippen LogP contribution in [0.1, 0.15) is 5.56 Å². The van der Waals surface area contributed by atoms with Crippen LogP contribution in [0, 0.1) is 5.92 Å². The van der Waals surface area contributed by atoms with E-state index in [1.165, 1.54) is 26.0 Å². The van der Waals surface area contributed by atoms with E-state index < -0.39 is 11.2 Å². The van der Waals surface area contributed by atoms with Gasteiger partial charge in [0.1, 0.15) is 5.25 Å². The van der Waals surface area contributed by atoms with Crippen molar-refractivity contribution in [2.45, 2.75) is 16.6 Å². The highest BCUT2D eigenvalue weighted by molar-refractivity contribution is 8.00. The van der Waals surface area contributed by atoms with Crippen LogP contribution in [0.25, 0.3) is 0 Å². The van der Waals surface area contributed by atoms with Gasteiger partial charge in [0.15, 0.2) is 0 Å². The highest BCUT2D eigenvalue weighted by atomic mass is 32.2. The molecule has 0 N–H and O–H groups in total. The van der Waals surface area contributed by atoms with Gasteiger partial charge in [-0.3, -0.25) is 9.59 Å². The number of hydrogen-bond donors (Lipinski definition) is 0. The first kappa shape index (κ1) is 13.0. The van der Waals surface area contributed by atoms with E-state index in [1.807, 2.05) is 24.3 Å². The fraction of sp³-hybridized carbons (Fsp3) is 0.385. The third kappa shape index (κ3) is 2.36. The van der Waals surface area contributed by atoms with Gasteiger partial charge >= 0.3 is 11.9 Å². The number of hydrogen-bond acceptors (Lipinski definition) is 5. The number of carbonyl (C=O) groups is 2. The minimum absolute atomic E-state index is 0.368. The van der Waals surface area contributed by atoms with E-state index in [2.05, 4.69) is 0 Å². The Morgan fingerprint density at radius 1 is 1.17 bits per heavy atom. The summed E-state index contributed by atoms with van der Waals surface area (Å²) in [5.41, 5.74) is 1.07. The van der Waals surface area contributed by atoms with Crippen molar-refractivity contribution in [1.82, 2.24) is 0 Å². The van der Waals surface area contributed by atoms with E-state index in [0.717, 1.165) is 10.5 Å². The minimum Gasteiger partial charge on any atom is -0.469 e. The first-order valence-electron chi connectivity index (χ1n) is 5.57. The Bertz CT molecular complexity index is 429.